The molecule has 0 aliphatic carbocycles. The fourth-order valence-corrected chi connectivity index (χ4v) is 1.44. The molecule has 0 saturated heterocycles. The lowest BCUT2D eigenvalue weighted by Gasteiger charge is -2.11. The maximum Gasteiger partial charge on any atom is 0.178 e. The van der Waals surface area contributed by atoms with Crippen LogP contribution in [0, 0.1) is 5.92 Å². The van der Waals surface area contributed by atoms with Crippen LogP contribution in [-0.4, -0.2) is 16.2 Å². The standard InChI is InChI=1S/C8H12N2OS/c1-5(6(2)9)8(11)7-3-4-10-12-7/h3-6H,9H2,1-2H3. The number of carbonyl (C=O) groups is 1. The number of ketones is 1. The van der Waals surface area contributed by atoms with Gasteiger partial charge in [0.1, 0.15) is 0 Å². The first-order chi connectivity index (χ1) is 5.63. The van der Waals surface area contributed by atoms with E-state index in [9.17, 15) is 4.79 Å². The molecule has 2 atom stereocenters. The van der Waals surface area contributed by atoms with Crippen LogP contribution in [0.1, 0.15) is 23.5 Å². The number of nitrogens with two attached hydrogens (primary N) is 1. The van der Waals surface area contributed by atoms with Crippen LogP contribution in [0.4, 0.5) is 0 Å². The molecule has 0 aliphatic heterocycles. The summed E-state index contributed by atoms with van der Waals surface area (Å²) in [5, 5.41) is 0. The molecular weight excluding hydrogens is 172 g/mol. The molecule has 12 heavy (non-hydrogen) atoms. The van der Waals surface area contributed by atoms with Gasteiger partial charge >= 0.3 is 0 Å². The van der Waals surface area contributed by atoms with E-state index in [-0.39, 0.29) is 17.7 Å². The van der Waals surface area contributed by atoms with Gasteiger partial charge in [0.05, 0.1) is 4.88 Å². The average molecular weight is 184 g/mol. The van der Waals surface area contributed by atoms with Gasteiger partial charge in [-0.2, -0.15) is 0 Å². The molecular formula is C8H12N2OS. The van der Waals surface area contributed by atoms with Crippen molar-refractivity contribution in [3.05, 3.63) is 17.1 Å². The van der Waals surface area contributed by atoms with Gasteiger partial charge in [0.15, 0.2) is 5.78 Å². The molecule has 2 unspecified atom stereocenters. The maximum atomic E-state index is 11.5. The second-order valence-corrected chi connectivity index (χ2v) is 3.72. The first kappa shape index (κ1) is 9.35. The minimum absolute atomic E-state index is 0.0903. The van der Waals surface area contributed by atoms with E-state index >= 15 is 0 Å². The molecule has 0 amide bonds. The fraction of sp³-hybridized carbons (Fsp3) is 0.500. The predicted octanol–water partition coefficient (Wildman–Crippen LogP) is 1.31. The highest BCUT2D eigenvalue weighted by Crippen LogP contribution is 2.13. The van der Waals surface area contributed by atoms with Gasteiger partial charge in [-0.25, -0.2) is 4.37 Å². The van der Waals surface area contributed by atoms with Crippen molar-refractivity contribution in [2.24, 2.45) is 11.7 Å². The first-order valence-electron chi connectivity index (χ1n) is 3.83. The Morgan fingerprint density at radius 2 is 2.33 bits per heavy atom. The predicted molar refractivity (Wildman–Crippen MR) is 49.3 cm³/mol. The third kappa shape index (κ3) is 1.89. The first-order valence-corrected chi connectivity index (χ1v) is 4.60. The van der Waals surface area contributed by atoms with E-state index in [2.05, 4.69) is 4.37 Å². The van der Waals surface area contributed by atoms with Crippen molar-refractivity contribution in [2.45, 2.75) is 19.9 Å². The van der Waals surface area contributed by atoms with E-state index in [4.69, 9.17) is 5.73 Å². The van der Waals surface area contributed by atoms with E-state index in [1.165, 1.54) is 11.5 Å². The number of Topliss-reactive ketones (excluding diaryl/α,β-unsaturated/α-hetero) is 1. The summed E-state index contributed by atoms with van der Waals surface area (Å²) in [4.78, 5) is 12.2. The molecule has 1 aromatic rings. The van der Waals surface area contributed by atoms with Crippen molar-refractivity contribution in [1.29, 1.82) is 0 Å². The van der Waals surface area contributed by atoms with Gasteiger partial charge in [0.25, 0.3) is 0 Å². The third-order valence-electron chi connectivity index (χ3n) is 1.88. The van der Waals surface area contributed by atoms with E-state index in [0.717, 1.165) is 0 Å². The number of carbonyl (C=O) groups excluding carboxylic acids is 1. The lowest BCUT2D eigenvalue weighted by molar-refractivity contribution is 0.0921. The second-order valence-electron chi connectivity index (χ2n) is 2.89. The fourth-order valence-electron chi connectivity index (χ4n) is 0.806. The Balaban J connectivity index is 2.72. The summed E-state index contributed by atoms with van der Waals surface area (Å²) >= 11 is 1.22. The zero-order valence-corrected chi connectivity index (χ0v) is 7.97. The van der Waals surface area contributed by atoms with Crippen LogP contribution in [0.25, 0.3) is 0 Å². The van der Waals surface area contributed by atoms with Gasteiger partial charge in [-0.15, -0.1) is 0 Å². The zero-order chi connectivity index (χ0) is 9.14. The van der Waals surface area contributed by atoms with E-state index < -0.39 is 0 Å². The SMILES string of the molecule is CC(N)C(C)C(=O)c1ccns1. The van der Waals surface area contributed by atoms with Crippen molar-refractivity contribution < 1.29 is 4.79 Å². The smallest absolute Gasteiger partial charge is 0.178 e. The maximum absolute atomic E-state index is 11.5. The summed E-state index contributed by atoms with van der Waals surface area (Å²) in [6.07, 6.45) is 1.63. The molecule has 0 aromatic carbocycles. The van der Waals surface area contributed by atoms with Gasteiger partial charge in [-0.3, -0.25) is 4.79 Å². The minimum Gasteiger partial charge on any atom is -0.327 e. The summed E-state index contributed by atoms with van der Waals surface area (Å²) in [5.74, 6) is -0.0297. The van der Waals surface area contributed by atoms with Crippen LogP contribution in [0.2, 0.25) is 0 Å². The monoisotopic (exact) mass is 184 g/mol. The number of nitrogens with zero attached hydrogens (tertiary/aromatic N) is 1. The van der Waals surface area contributed by atoms with E-state index in [1.807, 2.05) is 13.8 Å². The van der Waals surface area contributed by atoms with Crippen molar-refractivity contribution in [3.8, 4) is 0 Å². The van der Waals surface area contributed by atoms with Crippen molar-refractivity contribution >= 4 is 17.3 Å². The van der Waals surface area contributed by atoms with Crippen LogP contribution in [-0.2, 0) is 0 Å². The molecule has 0 fully saturated rings. The Kier molecular flexibility index (Phi) is 2.94. The molecule has 2 N–H and O–H groups in total. The Bertz CT molecular complexity index is 256. The van der Waals surface area contributed by atoms with Gasteiger partial charge in [-0.1, -0.05) is 6.92 Å². The van der Waals surface area contributed by atoms with Gasteiger partial charge in [0, 0.05) is 18.2 Å². The summed E-state index contributed by atoms with van der Waals surface area (Å²) in [6, 6.07) is 1.63. The Morgan fingerprint density at radius 1 is 1.67 bits per heavy atom. The lowest BCUT2D eigenvalue weighted by atomic mass is 9.98. The van der Waals surface area contributed by atoms with Crippen molar-refractivity contribution in [3.63, 3.8) is 0 Å². The molecule has 0 bridgehead atoms. The van der Waals surface area contributed by atoms with Crippen molar-refractivity contribution in [1.82, 2.24) is 4.37 Å². The largest absolute Gasteiger partial charge is 0.327 e. The average Bonchev–Trinajstić information content (AvgIpc) is 2.53. The summed E-state index contributed by atoms with van der Waals surface area (Å²) < 4.78 is 3.86. The van der Waals surface area contributed by atoms with Gasteiger partial charge in [0.2, 0.25) is 0 Å². The molecule has 66 valence electrons. The van der Waals surface area contributed by atoms with Gasteiger partial charge < -0.3 is 5.73 Å². The summed E-state index contributed by atoms with van der Waals surface area (Å²) in [7, 11) is 0. The van der Waals surface area contributed by atoms with Crippen LogP contribution >= 0.6 is 11.5 Å². The minimum atomic E-state index is -0.120. The molecule has 1 heterocycles. The van der Waals surface area contributed by atoms with E-state index in [1.54, 1.807) is 12.3 Å². The van der Waals surface area contributed by atoms with Crippen LogP contribution in [0.15, 0.2) is 12.3 Å². The molecule has 0 aliphatic rings. The van der Waals surface area contributed by atoms with Crippen LogP contribution < -0.4 is 5.73 Å². The summed E-state index contributed by atoms with van der Waals surface area (Å²) in [6.45, 7) is 3.68. The number of hydrogen-bond acceptors (Lipinski definition) is 4. The van der Waals surface area contributed by atoms with Crippen molar-refractivity contribution in [2.75, 3.05) is 0 Å². The third-order valence-corrected chi connectivity index (χ3v) is 2.64. The van der Waals surface area contributed by atoms with Crippen LogP contribution in [0.5, 0.6) is 0 Å². The highest BCUT2D eigenvalue weighted by Gasteiger charge is 2.19. The lowest BCUT2D eigenvalue weighted by Crippen LogP contribution is -2.30. The normalized spacial score (nSPS) is 15.6. The molecule has 3 nitrogen and oxygen atoms in total. The highest BCUT2D eigenvalue weighted by atomic mass is 32.1. The Hall–Kier alpha value is -0.740. The molecule has 4 heteroatoms. The van der Waals surface area contributed by atoms with E-state index in [0.29, 0.717) is 4.88 Å². The number of hydrogen-bond donors (Lipinski definition) is 1. The zero-order valence-electron chi connectivity index (χ0n) is 7.15. The Labute approximate surface area is 75.8 Å². The summed E-state index contributed by atoms with van der Waals surface area (Å²) in [5.41, 5.74) is 5.61. The Morgan fingerprint density at radius 3 is 2.75 bits per heavy atom. The highest BCUT2D eigenvalue weighted by molar-refractivity contribution is 7.08. The number of aromatic nitrogens is 1. The number of rotatable bonds is 3. The van der Waals surface area contributed by atoms with Gasteiger partial charge in [-0.05, 0) is 24.5 Å². The molecule has 0 radical (unpaired) electrons. The van der Waals surface area contributed by atoms with Crippen LogP contribution in [0.3, 0.4) is 0 Å². The second kappa shape index (κ2) is 3.78. The topological polar surface area (TPSA) is 56.0 Å². The molecule has 0 saturated carbocycles. The quantitative estimate of drug-likeness (QED) is 0.720. The molecule has 1 rings (SSSR count). The molecule has 1 aromatic heterocycles. The molecule has 0 spiro atoms.